The van der Waals surface area contributed by atoms with Crippen molar-refractivity contribution in [3.05, 3.63) is 52.5 Å². The Kier molecular flexibility index (Phi) is 4.71. The second kappa shape index (κ2) is 6.52. The van der Waals surface area contributed by atoms with Gasteiger partial charge in [-0.2, -0.15) is 11.3 Å². The van der Waals surface area contributed by atoms with Gasteiger partial charge in [-0.05, 0) is 59.5 Å². The molecule has 0 aromatic carbocycles. The lowest BCUT2D eigenvalue weighted by Gasteiger charge is -2.16. The van der Waals surface area contributed by atoms with Crippen molar-refractivity contribution in [3.8, 4) is 0 Å². The molecule has 2 heterocycles. The van der Waals surface area contributed by atoms with Crippen molar-refractivity contribution in [2.45, 2.75) is 25.8 Å². The van der Waals surface area contributed by atoms with Crippen molar-refractivity contribution >= 4 is 11.3 Å². The highest BCUT2D eigenvalue weighted by Gasteiger charge is 2.10. The van der Waals surface area contributed by atoms with Crippen LogP contribution in [0.3, 0.4) is 0 Å². The van der Waals surface area contributed by atoms with Gasteiger partial charge in [0, 0.05) is 18.4 Å². The fraction of sp³-hybridized carbons (Fsp3) is 0.357. The third kappa shape index (κ3) is 3.65. The summed E-state index contributed by atoms with van der Waals surface area (Å²) in [6.45, 7) is 3.17. The lowest BCUT2D eigenvalue weighted by Crippen LogP contribution is -2.20. The van der Waals surface area contributed by atoms with Gasteiger partial charge in [-0.1, -0.05) is 6.92 Å². The maximum atomic E-state index is 4.04. The number of rotatable bonds is 6. The van der Waals surface area contributed by atoms with Crippen LogP contribution in [0.15, 0.2) is 41.4 Å². The molecule has 2 nitrogen and oxygen atoms in total. The van der Waals surface area contributed by atoms with Crippen LogP contribution in [0.25, 0.3) is 0 Å². The van der Waals surface area contributed by atoms with Gasteiger partial charge in [-0.25, -0.2) is 0 Å². The molecular weight excluding hydrogens is 228 g/mol. The Labute approximate surface area is 107 Å². The molecule has 0 saturated heterocycles. The number of nitrogens with zero attached hydrogens (tertiary/aromatic N) is 1. The maximum Gasteiger partial charge on any atom is 0.0331 e. The Morgan fingerprint density at radius 2 is 2.12 bits per heavy atom. The number of nitrogens with one attached hydrogen (secondary N) is 1. The Balaban J connectivity index is 1.95. The van der Waals surface area contributed by atoms with E-state index in [9.17, 15) is 0 Å². The topological polar surface area (TPSA) is 24.9 Å². The van der Waals surface area contributed by atoms with Crippen LogP contribution in [0.5, 0.6) is 0 Å². The molecule has 17 heavy (non-hydrogen) atoms. The van der Waals surface area contributed by atoms with Gasteiger partial charge < -0.3 is 5.32 Å². The SMILES string of the molecule is CCNC(CCc1ccncc1)c1ccsc1. The number of aryl methyl sites for hydroxylation is 1. The monoisotopic (exact) mass is 246 g/mol. The average Bonchev–Trinajstić information content (AvgIpc) is 2.89. The first-order valence-corrected chi connectivity index (χ1v) is 6.99. The van der Waals surface area contributed by atoms with Gasteiger partial charge in [0.15, 0.2) is 0 Å². The second-order valence-electron chi connectivity index (χ2n) is 4.06. The first kappa shape index (κ1) is 12.3. The van der Waals surface area contributed by atoms with Gasteiger partial charge in [0.05, 0.1) is 0 Å². The molecule has 0 aliphatic rings. The molecule has 2 rings (SSSR count). The molecule has 3 heteroatoms. The lowest BCUT2D eigenvalue weighted by molar-refractivity contribution is 0.516. The summed E-state index contributed by atoms with van der Waals surface area (Å²) in [5.74, 6) is 0. The first-order chi connectivity index (χ1) is 8.40. The first-order valence-electron chi connectivity index (χ1n) is 6.04. The van der Waals surface area contributed by atoms with Crippen LogP contribution in [-0.2, 0) is 6.42 Å². The van der Waals surface area contributed by atoms with Crippen LogP contribution < -0.4 is 5.32 Å². The molecule has 0 aliphatic heterocycles. The highest BCUT2D eigenvalue weighted by molar-refractivity contribution is 7.07. The zero-order valence-electron chi connectivity index (χ0n) is 10.1. The Bertz CT molecular complexity index is 411. The minimum Gasteiger partial charge on any atom is -0.310 e. The van der Waals surface area contributed by atoms with E-state index in [1.807, 2.05) is 12.4 Å². The molecule has 0 saturated carbocycles. The molecular formula is C14H18N2S. The summed E-state index contributed by atoms with van der Waals surface area (Å²) in [4.78, 5) is 4.04. The highest BCUT2D eigenvalue weighted by atomic mass is 32.1. The molecule has 2 aromatic heterocycles. The fourth-order valence-electron chi connectivity index (χ4n) is 1.97. The van der Waals surface area contributed by atoms with Crippen molar-refractivity contribution in [2.75, 3.05) is 6.54 Å². The smallest absolute Gasteiger partial charge is 0.0331 e. The quantitative estimate of drug-likeness (QED) is 0.844. The van der Waals surface area contributed by atoms with E-state index in [2.05, 4.69) is 46.2 Å². The minimum atomic E-state index is 0.472. The van der Waals surface area contributed by atoms with Gasteiger partial charge >= 0.3 is 0 Å². The van der Waals surface area contributed by atoms with Crippen molar-refractivity contribution in [1.29, 1.82) is 0 Å². The summed E-state index contributed by atoms with van der Waals surface area (Å²) >= 11 is 1.77. The average molecular weight is 246 g/mol. The second-order valence-corrected chi connectivity index (χ2v) is 4.84. The van der Waals surface area contributed by atoms with Crippen molar-refractivity contribution < 1.29 is 0 Å². The molecule has 1 N–H and O–H groups in total. The predicted molar refractivity (Wildman–Crippen MR) is 73.3 cm³/mol. The van der Waals surface area contributed by atoms with Crippen LogP contribution in [0.1, 0.15) is 30.5 Å². The molecule has 90 valence electrons. The van der Waals surface area contributed by atoms with E-state index in [0.717, 1.165) is 19.4 Å². The number of pyridine rings is 1. The summed E-state index contributed by atoms with van der Waals surface area (Å²) in [5, 5.41) is 7.93. The maximum absolute atomic E-state index is 4.04. The Morgan fingerprint density at radius 1 is 1.29 bits per heavy atom. The summed E-state index contributed by atoms with van der Waals surface area (Å²) < 4.78 is 0. The van der Waals surface area contributed by atoms with Crippen LogP contribution in [-0.4, -0.2) is 11.5 Å². The van der Waals surface area contributed by atoms with E-state index in [4.69, 9.17) is 0 Å². The highest BCUT2D eigenvalue weighted by Crippen LogP contribution is 2.21. The number of hydrogen-bond donors (Lipinski definition) is 1. The molecule has 0 aliphatic carbocycles. The van der Waals surface area contributed by atoms with Gasteiger partial charge in [0.25, 0.3) is 0 Å². The number of thiophene rings is 1. The van der Waals surface area contributed by atoms with Crippen LogP contribution in [0.2, 0.25) is 0 Å². The summed E-state index contributed by atoms with van der Waals surface area (Å²) in [6, 6.07) is 6.87. The summed E-state index contributed by atoms with van der Waals surface area (Å²) in [7, 11) is 0. The number of hydrogen-bond acceptors (Lipinski definition) is 3. The largest absolute Gasteiger partial charge is 0.310 e. The molecule has 2 aromatic rings. The van der Waals surface area contributed by atoms with Crippen LogP contribution >= 0.6 is 11.3 Å². The molecule has 0 bridgehead atoms. The van der Waals surface area contributed by atoms with Crippen molar-refractivity contribution in [3.63, 3.8) is 0 Å². The fourth-order valence-corrected chi connectivity index (χ4v) is 2.68. The number of aromatic nitrogens is 1. The van der Waals surface area contributed by atoms with Gasteiger partial charge in [-0.3, -0.25) is 4.98 Å². The van der Waals surface area contributed by atoms with Crippen LogP contribution in [0.4, 0.5) is 0 Å². The Morgan fingerprint density at radius 3 is 2.76 bits per heavy atom. The molecule has 1 atom stereocenters. The Hall–Kier alpha value is -1.19. The zero-order chi connectivity index (χ0) is 11.9. The van der Waals surface area contributed by atoms with Gasteiger partial charge in [-0.15, -0.1) is 0 Å². The third-order valence-electron chi connectivity index (χ3n) is 2.87. The zero-order valence-corrected chi connectivity index (χ0v) is 10.9. The third-order valence-corrected chi connectivity index (χ3v) is 3.57. The van der Waals surface area contributed by atoms with Crippen LogP contribution in [0, 0.1) is 0 Å². The van der Waals surface area contributed by atoms with E-state index in [1.54, 1.807) is 11.3 Å². The van der Waals surface area contributed by atoms with Gasteiger partial charge in [0.1, 0.15) is 0 Å². The molecule has 1 unspecified atom stereocenters. The normalized spacial score (nSPS) is 12.5. The van der Waals surface area contributed by atoms with E-state index in [1.165, 1.54) is 11.1 Å². The van der Waals surface area contributed by atoms with E-state index >= 15 is 0 Å². The van der Waals surface area contributed by atoms with Crippen molar-refractivity contribution in [1.82, 2.24) is 10.3 Å². The molecule has 0 fully saturated rings. The van der Waals surface area contributed by atoms with E-state index in [-0.39, 0.29) is 0 Å². The minimum absolute atomic E-state index is 0.472. The van der Waals surface area contributed by atoms with Crippen molar-refractivity contribution in [2.24, 2.45) is 0 Å². The predicted octanol–water partition coefficient (Wildman–Crippen LogP) is 3.43. The van der Waals surface area contributed by atoms with Gasteiger partial charge in [0.2, 0.25) is 0 Å². The molecule has 0 radical (unpaired) electrons. The molecule has 0 spiro atoms. The summed E-state index contributed by atoms with van der Waals surface area (Å²) in [5.41, 5.74) is 2.77. The summed E-state index contributed by atoms with van der Waals surface area (Å²) in [6.07, 6.45) is 5.95. The lowest BCUT2D eigenvalue weighted by atomic mass is 10.0. The van der Waals surface area contributed by atoms with E-state index < -0.39 is 0 Å². The standard InChI is InChI=1S/C14H18N2S/c1-2-16-14(13-7-10-17-11-13)4-3-12-5-8-15-9-6-12/h5-11,14,16H,2-4H2,1H3. The molecule has 0 amide bonds. The van der Waals surface area contributed by atoms with E-state index in [0.29, 0.717) is 6.04 Å².